The minimum atomic E-state index is -1.95. The number of carbonyl (C=O) groups is 1. The first-order valence-electron chi connectivity index (χ1n) is 10.6. The molecule has 5 nitrogen and oxygen atoms in total. The molecule has 0 radical (unpaired) electrons. The smallest absolute Gasteiger partial charge is 0.331 e. The van der Waals surface area contributed by atoms with Crippen molar-refractivity contribution in [1.29, 1.82) is 0 Å². The van der Waals surface area contributed by atoms with Crippen molar-refractivity contribution < 1.29 is 23.4 Å². The molecule has 0 aliphatic carbocycles. The molecule has 0 aromatic carbocycles. The van der Waals surface area contributed by atoms with Crippen molar-refractivity contribution in [2.45, 2.75) is 102 Å². The Morgan fingerprint density at radius 3 is 2.57 bits per heavy atom. The fourth-order valence-corrected chi connectivity index (χ4v) is 5.22. The van der Waals surface area contributed by atoms with Crippen LogP contribution >= 0.6 is 22.6 Å². The quantitative estimate of drug-likeness (QED) is 0.168. The fraction of sp³-hybridized carbons (Fsp3) is 0.696. The van der Waals surface area contributed by atoms with Crippen LogP contribution in [0.25, 0.3) is 0 Å². The van der Waals surface area contributed by atoms with Crippen molar-refractivity contribution in [3.63, 3.8) is 0 Å². The van der Waals surface area contributed by atoms with E-state index in [0.29, 0.717) is 12.8 Å². The zero-order valence-corrected chi connectivity index (χ0v) is 22.7. The Balaban J connectivity index is 2.20. The third-order valence-electron chi connectivity index (χ3n) is 6.05. The Kier molecular flexibility index (Phi) is 8.22. The van der Waals surface area contributed by atoms with Gasteiger partial charge in [0.1, 0.15) is 11.7 Å². The highest BCUT2D eigenvalue weighted by Gasteiger charge is 2.50. The van der Waals surface area contributed by atoms with Crippen LogP contribution in [0.3, 0.4) is 0 Å². The van der Waals surface area contributed by atoms with E-state index in [0.717, 1.165) is 0 Å². The molecule has 2 heterocycles. The molecule has 0 amide bonds. The molecule has 0 N–H and O–H groups in total. The van der Waals surface area contributed by atoms with Gasteiger partial charge in [0, 0.05) is 18.9 Å². The Morgan fingerprint density at radius 2 is 2.00 bits per heavy atom. The lowest BCUT2D eigenvalue weighted by molar-refractivity contribution is -0.154. The number of carbonyl (C=O) groups excluding carboxylic acids is 1. The van der Waals surface area contributed by atoms with Crippen molar-refractivity contribution >= 4 is 36.9 Å². The second-order valence-corrected chi connectivity index (χ2v) is 15.7. The summed E-state index contributed by atoms with van der Waals surface area (Å²) in [4.78, 5) is 11.5. The maximum absolute atomic E-state index is 11.5. The first kappa shape index (κ1) is 25.8. The molecule has 2 aliphatic heterocycles. The Morgan fingerprint density at radius 1 is 1.33 bits per heavy atom. The Hall–Kier alpha value is -0.483. The average Bonchev–Trinajstić information content (AvgIpc) is 2.81. The van der Waals surface area contributed by atoms with Crippen molar-refractivity contribution in [2.24, 2.45) is 0 Å². The van der Waals surface area contributed by atoms with Gasteiger partial charge in [0.2, 0.25) is 0 Å². The molecule has 170 valence electrons. The first-order chi connectivity index (χ1) is 13.7. The second kappa shape index (κ2) is 9.56. The molecule has 2 rings (SSSR count). The molecule has 1 fully saturated rings. The van der Waals surface area contributed by atoms with E-state index in [-0.39, 0.29) is 29.3 Å². The van der Waals surface area contributed by atoms with Gasteiger partial charge in [-0.1, -0.05) is 61.6 Å². The number of cyclic esters (lactones) is 1. The molecular weight excluding hydrogens is 511 g/mol. The van der Waals surface area contributed by atoms with Gasteiger partial charge in [-0.15, -0.1) is 0 Å². The van der Waals surface area contributed by atoms with E-state index in [1.165, 1.54) is 6.08 Å². The summed E-state index contributed by atoms with van der Waals surface area (Å²) in [6, 6.07) is 0. The highest BCUT2D eigenvalue weighted by Crippen LogP contribution is 2.42. The zero-order valence-electron chi connectivity index (χ0n) is 19.5. The monoisotopic (exact) mass is 548 g/mol. The molecule has 30 heavy (non-hydrogen) atoms. The minimum Gasteiger partial charge on any atom is -0.455 e. The first-order valence-corrected chi connectivity index (χ1v) is 14.7. The largest absolute Gasteiger partial charge is 0.455 e. The molecular formula is C23H37IO5Si. The third kappa shape index (κ3) is 6.76. The molecule has 4 atom stereocenters. The van der Waals surface area contributed by atoms with Crippen LogP contribution < -0.4 is 0 Å². The second-order valence-electron chi connectivity index (χ2n) is 10.2. The van der Waals surface area contributed by atoms with Crippen molar-refractivity contribution in [2.75, 3.05) is 0 Å². The summed E-state index contributed by atoms with van der Waals surface area (Å²) in [6.07, 6.45) is 10.1. The lowest BCUT2D eigenvalue weighted by Gasteiger charge is -2.39. The van der Waals surface area contributed by atoms with Crippen molar-refractivity contribution in [1.82, 2.24) is 0 Å². The Labute approximate surface area is 196 Å². The lowest BCUT2D eigenvalue weighted by atomic mass is 9.93. The van der Waals surface area contributed by atoms with E-state index in [1.807, 2.05) is 43.1 Å². The highest BCUT2D eigenvalue weighted by molar-refractivity contribution is 14.1. The number of halogens is 1. The molecule has 0 bridgehead atoms. The molecule has 7 heteroatoms. The zero-order chi connectivity index (χ0) is 22.8. The SMILES string of the molecule is CC1(C)O[C@H](C[C@H](/C=C\I)O[Si](C)(C)C(C)(C)C)[C@@](C)(/C=C/[C@H]2CC=CC(=O)O2)O1. The van der Waals surface area contributed by atoms with Crippen LogP contribution in [0.1, 0.15) is 54.4 Å². The molecule has 0 unspecified atom stereocenters. The van der Waals surface area contributed by atoms with Crippen LogP contribution in [0, 0.1) is 0 Å². The summed E-state index contributed by atoms with van der Waals surface area (Å²) in [5, 5.41) is 0.123. The molecule has 0 aromatic rings. The van der Waals surface area contributed by atoms with Gasteiger partial charge in [0.25, 0.3) is 0 Å². The van der Waals surface area contributed by atoms with Crippen molar-refractivity contribution in [3.05, 3.63) is 34.5 Å². The number of hydrogen-bond acceptors (Lipinski definition) is 5. The summed E-state index contributed by atoms with van der Waals surface area (Å²) >= 11 is 2.24. The summed E-state index contributed by atoms with van der Waals surface area (Å²) in [5.41, 5.74) is -0.648. The predicted octanol–water partition coefficient (Wildman–Crippen LogP) is 6.05. The minimum absolute atomic E-state index is 0.0616. The summed E-state index contributed by atoms with van der Waals surface area (Å²) in [6.45, 7) is 17.2. The normalized spacial score (nSPS) is 30.9. The van der Waals surface area contributed by atoms with E-state index in [1.54, 1.807) is 0 Å². The van der Waals surface area contributed by atoms with Gasteiger partial charge < -0.3 is 18.6 Å². The standard InChI is InChI=1S/C23H37IO5Si/c1-21(2,3)30(7,8)28-18(13-15-24)16-19-23(6,29-22(4,5)27-19)14-12-17-10-9-11-20(25)26-17/h9,11-15,17-19H,10,16H2,1-8H3/b14-12+,15-13-/t17-,18+,19-,23-/m1/s1. The topological polar surface area (TPSA) is 54.0 Å². The average molecular weight is 549 g/mol. The van der Waals surface area contributed by atoms with E-state index >= 15 is 0 Å². The van der Waals surface area contributed by atoms with Crippen molar-refractivity contribution in [3.8, 4) is 0 Å². The number of esters is 1. The molecule has 0 spiro atoms. The van der Waals surface area contributed by atoms with Crippen LogP contribution in [0.5, 0.6) is 0 Å². The van der Waals surface area contributed by atoms with Gasteiger partial charge >= 0.3 is 5.97 Å². The van der Waals surface area contributed by atoms with E-state index in [2.05, 4.69) is 62.5 Å². The predicted molar refractivity (Wildman–Crippen MR) is 131 cm³/mol. The van der Waals surface area contributed by atoms with Gasteiger partial charge in [-0.3, -0.25) is 0 Å². The van der Waals surface area contributed by atoms with Crippen LogP contribution in [-0.4, -0.2) is 44.0 Å². The molecule has 0 aromatic heterocycles. The summed E-state index contributed by atoms with van der Waals surface area (Å²) in [7, 11) is -1.95. The third-order valence-corrected chi connectivity index (χ3v) is 11.0. The lowest BCUT2D eigenvalue weighted by Crippen LogP contribution is -2.45. The van der Waals surface area contributed by atoms with E-state index in [9.17, 15) is 4.79 Å². The number of rotatable bonds is 7. The van der Waals surface area contributed by atoms with Gasteiger partial charge in [-0.05, 0) is 49.1 Å². The Bertz CT molecular complexity index is 707. The molecule has 0 saturated carbocycles. The van der Waals surface area contributed by atoms with E-state index < -0.39 is 19.7 Å². The molecule has 1 saturated heterocycles. The van der Waals surface area contributed by atoms with Crippen LogP contribution in [-0.2, 0) is 23.4 Å². The fourth-order valence-electron chi connectivity index (χ4n) is 3.47. The highest BCUT2D eigenvalue weighted by atomic mass is 127. The van der Waals surface area contributed by atoms with Crippen LogP contribution in [0.15, 0.2) is 34.5 Å². The van der Waals surface area contributed by atoms with Gasteiger partial charge in [0.15, 0.2) is 14.1 Å². The van der Waals surface area contributed by atoms with Gasteiger partial charge in [0.05, 0.1) is 12.2 Å². The number of hydrogen-bond donors (Lipinski definition) is 0. The van der Waals surface area contributed by atoms with Gasteiger partial charge in [-0.25, -0.2) is 4.79 Å². The number of ether oxygens (including phenoxy) is 3. The maximum atomic E-state index is 11.5. The summed E-state index contributed by atoms with van der Waals surface area (Å²) < 4.78 is 26.7. The molecule has 2 aliphatic rings. The maximum Gasteiger partial charge on any atom is 0.331 e. The van der Waals surface area contributed by atoms with Crippen LogP contribution in [0.2, 0.25) is 18.1 Å². The van der Waals surface area contributed by atoms with Gasteiger partial charge in [-0.2, -0.15) is 0 Å². The summed E-state index contributed by atoms with van der Waals surface area (Å²) in [5.74, 6) is -1.01. The van der Waals surface area contributed by atoms with E-state index in [4.69, 9.17) is 18.6 Å². The van der Waals surface area contributed by atoms with Crippen LogP contribution in [0.4, 0.5) is 0 Å².